The predicted molar refractivity (Wildman–Crippen MR) is 80.3 cm³/mol. The topological polar surface area (TPSA) is 26.0 Å². The smallest absolute Gasteiger partial charge is 0.0661 e. The van der Waals surface area contributed by atoms with Crippen LogP contribution in [0, 0.1) is 5.92 Å². The molecule has 1 unspecified atom stereocenters. The molecular weight excluding hydrogens is 262 g/mol. The molecule has 0 aliphatic carbocycles. The molecule has 1 nitrogen and oxygen atoms in total. The molecule has 1 atom stereocenters. The molecule has 2 aromatic rings. The Kier molecular flexibility index (Phi) is 4.44. The van der Waals surface area contributed by atoms with Gasteiger partial charge in [0, 0.05) is 4.88 Å². The number of benzene rings is 1. The monoisotopic (exact) mass is 279 g/mol. The molecule has 1 heterocycles. The van der Waals surface area contributed by atoms with Crippen molar-refractivity contribution < 1.29 is 0 Å². The molecule has 0 aliphatic heterocycles. The quantitative estimate of drug-likeness (QED) is 0.866. The Morgan fingerprint density at radius 3 is 2.33 bits per heavy atom. The van der Waals surface area contributed by atoms with Gasteiger partial charge in [0.25, 0.3) is 0 Å². The van der Waals surface area contributed by atoms with Gasteiger partial charge in [-0.1, -0.05) is 49.7 Å². The highest BCUT2D eigenvalue weighted by atomic mass is 35.5. The molecule has 2 rings (SSSR count). The number of hydrogen-bond donors (Lipinski definition) is 1. The molecule has 0 bridgehead atoms. The van der Waals surface area contributed by atoms with Gasteiger partial charge in [-0.05, 0) is 34.9 Å². The van der Waals surface area contributed by atoms with E-state index in [1.807, 2.05) is 11.4 Å². The second-order valence-corrected chi connectivity index (χ2v) is 6.30. The molecule has 96 valence electrons. The molecule has 0 spiro atoms. The third-order valence-corrected chi connectivity index (χ3v) is 4.35. The molecule has 0 saturated heterocycles. The Balaban J connectivity index is 2.17. The van der Waals surface area contributed by atoms with E-state index in [1.165, 1.54) is 5.56 Å². The van der Waals surface area contributed by atoms with Crippen LogP contribution in [0.3, 0.4) is 0 Å². The van der Waals surface area contributed by atoms with Gasteiger partial charge < -0.3 is 5.73 Å². The van der Waals surface area contributed by atoms with Crippen molar-refractivity contribution in [3.63, 3.8) is 0 Å². The molecule has 0 fully saturated rings. The normalized spacial score (nSPS) is 12.9. The lowest BCUT2D eigenvalue weighted by Gasteiger charge is -2.12. The lowest BCUT2D eigenvalue weighted by atomic mass is 9.99. The summed E-state index contributed by atoms with van der Waals surface area (Å²) in [7, 11) is 0. The maximum atomic E-state index is 6.24. The van der Waals surface area contributed by atoms with E-state index < -0.39 is 0 Å². The van der Waals surface area contributed by atoms with Gasteiger partial charge in [0.2, 0.25) is 0 Å². The van der Waals surface area contributed by atoms with Gasteiger partial charge in [-0.3, -0.25) is 0 Å². The molecule has 2 N–H and O–H groups in total. The summed E-state index contributed by atoms with van der Waals surface area (Å²) in [4.78, 5) is 1.04. The summed E-state index contributed by atoms with van der Waals surface area (Å²) in [6.07, 6.45) is 1.11. The zero-order valence-electron chi connectivity index (χ0n) is 10.7. The van der Waals surface area contributed by atoms with Crippen LogP contribution in [0.2, 0.25) is 5.02 Å². The fourth-order valence-electron chi connectivity index (χ4n) is 2.01. The van der Waals surface area contributed by atoms with E-state index in [4.69, 9.17) is 17.3 Å². The summed E-state index contributed by atoms with van der Waals surface area (Å²) in [6.45, 7) is 4.45. The van der Waals surface area contributed by atoms with Crippen LogP contribution in [0.15, 0.2) is 35.7 Å². The number of rotatable bonds is 4. The highest BCUT2D eigenvalue weighted by Gasteiger charge is 2.13. The minimum absolute atomic E-state index is 0.120. The van der Waals surface area contributed by atoms with Crippen LogP contribution in [0.4, 0.5) is 0 Å². The van der Waals surface area contributed by atoms with E-state index in [2.05, 4.69) is 38.1 Å². The molecule has 0 radical (unpaired) electrons. The first kappa shape index (κ1) is 13.6. The third-order valence-electron chi connectivity index (χ3n) is 2.91. The highest BCUT2D eigenvalue weighted by Crippen LogP contribution is 2.31. The van der Waals surface area contributed by atoms with E-state index in [0.29, 0.717) is 5.92 Å². The predicted octanol–water partition coefficient (Wildman–Crippen LogP) is 4.65. The molecule has 18 heavy (non-hydrogen) atoms. The van der Waals surface area contributed by atoms with Crippen LogP contribution in [-0.2, 0) is 6.42 Å². The minimum Gasteiger partial charge on any atom is -0.320 e. The summed E-state index contributed by atoms with van der Waals surface area (Å²) in [5, 5.41) is 2.74. The zero-order valence-corrected chi connectivity index (χ0v) is 12.3. The van der Waals surface area contributed by atoms with Gasteiger partial charge in [0.15, 0.2) is 0 Å². The molecule has 1 aromatic carbocycles. The average Bonchev–Trinajstić information content (AvgIpc) is 2.75. The van der Waals surface area contributed by atoms with Gasteiger partial charge in [0.05, 0.1) is 11.1 Å². The van der Waals surface area contributed by atoms with Gasteiger partial charge in [-0.15, -0.1) is 11.3 Å². The van der Waals surface area contributed by atoms with Crippen molar-refractivity contribution in [2.45, 2.75) is 26.3 Å². The number of hydrogen-bond acceptors (Lipinski definition) is 2. The van der Waals surface area contributed by atoms with Crippen LogP contribution in [-0.4, -0.2) is 0 Å². The van der Waals surface area contributed by atoms with Crippen molar-refractivity contribution in [2.24, 2.45) is 11.7 Å². The summed E-state index contributed by atoms with van der Waals surface area (Å²) in [5.74, 6) is 0.677. The first-order valence-corrected chi connectivity index (χ1v) is 7.41. The van der Waals surface area contributed by atoms with Crippen molar-refractivity contribution in [3.05, 3.63) is 56.7 Å². The fourth-order valence-corrected chi connectivity index (χ4v) is 3.21. The van der Waals surface area contributed by atoms with Gasteiger partial charge in [0.1, 0.15) is 0 Å². The summed E-state index contributed by atoms with van der Waals surface area (Å²) >= 11 is 7.73. The standard InChI is InChI=1S/C15H18ClNS/c1-10(2)9-11-3-5-12(6-4-11)14(17)15-13(16)7-8-18-15/h3-8,10,14H,9,17H2,1-2H3. The van der Waals surface area contributed by atoms with Gasteiger partial charge in [-0.2, -0.15) is 0 Å². The number of halogens is 1. The molecule has 3 heteroatoms. The van der Waals surface area contributed by atoms with Crippen LogP contribution >= 0.6 is 22.9 Å². The second kappa shape index (κ2) is 5.87. The number of nitrogens with two attached hydrogens (primary N) is 1. The van der Waals surface area contributed by atoms with E-state index in [0.717, 1.165) is 21.9 Å². The van der Waals surface area contributed by atoms with E-state index >= 15 is 0 Å². The van der Waals surface area contributed by atoms with Crippen molar-refractivity contribution in [1.29, 1.82) is 0 Å². The molecule has 0 saturated carbocycles. The average molecular weight is 280 g/mol. The summed E-state index contributed by atoms with van der Waals surface area (Å²) < 4.78 is 0. The van der Waals surface area contributed by atoms with Crippen LogP contribution in [0.1, 0.15) is 35.9 Å². The maximum Gasteiger partial charge on any atom is 0.0661 e. The summed E-state index contributed by atoms with van der Waals surface area (Å²) in [6, 6.07) is 10.3. The third kappa shape index (κ3) is 3.14. The maximum absolute atomic E-state index is 6.24. The van der Waals surface area contributed by atoms with Crippen molar-refractivity contribution in [3.8, 4) is 0 Å². The Labute approximate surface area is 118 Å². The van der Waals surface area contributed by atoms with Gasteiger partial charge in [-0.25, -0.2) is 0 Å². The van der Waals surface area contributed by atoms with E-state index in [9.17, 15) is 0 Å². The second-order valence-electron chi connectivity index (χ2n) is 4.95. The zero-order chi connectivity index (χ0) is 13.1. The Bertz CT molecular complexity index is 501. The lowest BCUT2D eigenvalue weighted by molar-refractivity contribution is 0.647. The molecule has 0 aliphatic rings. The first-order valence-electron chi connectivity index (χ1n) is 6.15. The summed E-state index contributed by atoms with van der Waals surface area (Å²) in [5.41, 5.74) is 8.72. The molecule has 0 amide bonds. The Hall–Kier alpha value is -0.830. The largest absolute Gasteiger partial charge is 0.320 e. The fraction of sp³-hybridized carbons (Fsp3) is 0.333. The van der Waals surface area contributed by atoms with Crippen molar-refractivity contribution >= 4 is 22.9 Å². The van der Waals surface area contributed by atoms with Crippen molar-refractivity contribution in [1.82, 2.24) is 0 Å². The van der Waals surface area contributed by atoms with Crippen LogP contribution in [0.5, 0.6) is 0 Å². The molecule has 1 aromatic heterocycles. The lowest BCUT2D eigenvalue weighted by Crippen LogP contribution is -2.10. The Morgan fingerprint density at radius 1 is 1.17 bits per heavy atom. The van der Waals surface area contributed by atoms with Crippen LogP contribution < -0.4 is 5.73 Å². The van der Waals surface area contributed by atoms with E-state index in [-0.39, 0.29) is 6.04 Å². The minimum atomic E-state index is -0.120. The molecular formula is C15H18ClNS. The van der Waals surface area contributed by atoms with Crippen molar-refractivity contribution in [2.75, 3.05) is 0 Å². The van der Waals surface area contributed by atoms with Gasteiger partial charge >= 0.3 is 0 Å². The first-order chi connectivity index (χ1) is 8.58. The van der Waals surface area contributed by atoms with E-state index in [1.54, 1.807) is 11.3 Å². The SMILES string of the molecule is CC(C)Cc1ccc(C(N)c2sccc2Cl)cc1. The van der Waals surface area contributed by atoms with Crippen LogP contribution in [0.25, 0.3) is 0 Å². The highest BCUT2D eigenvalue weighted by molar-refractivity contribution is 7.10. The number of thiophene rings is 1. The Morgan fingerprint density at radius 2 is 1.83 bits per heavy atom.